The molecule has 1 heterocycles. The Kier molecular flexibility index (Phi) is 3.94. The molecule has 3 heteroatoms. The number of thiophene rings is 1. The van der Waals surface area contributed by atoms with Gasteiger partial charge in [0.15, 0.2) is 0 Å². The Morgan fingerprint density at radius 1 is 0.857 bits per heavy atom. The van der Waals surface area contributed by atoms with Crippen molar-refractivity contribution in [3.63, 3.8) is 0 Å². The van der Waals surface area contributed by atoms with Crippen molar-refractivity contribution in [3.8, 4) is 0 Å². The van der Waals surface area contributed by atoms with Gasteiger partial charge in [0.1, 0.15) is 11.6 Å². The largest absolute Gasteiger partial charge is 0.205 e. The van der Waals surface area contributed by atoms with Crippen LogP contribution in [0.25, 0.3) is 20.2 Å². The second-order valence-electron chi connectivity index (χ2n) is 5.39. The first-order chi connectivity index (χ1) is 10.2. The summed E-state index contributed by atoms with van der Waals surface area (Å²) < 4.78 is 30.2. The molecule has 3 rings (SSSR count). The average molecular weight is 304 g/mol. The van der Waals surface area contributed by atoms with Crippen LogP contribution in [0.2, 0.25) is 0 Å². The number of halogens is 2. The molecule has 0 N–H and O–H groups in total. The minimum atomic E-state index is -0.189. The predicted octanol–water partition coefficient (Wildman–Crippen LogP) is 6.24. The van der Waals surface area contributed by atoms with Crippen LogP contribution in [0.3, 0.4) is 0 Å². The molecule has 0 unspecified atom stereocenters. The zero-order valence-electron chi connectivity index (χ0n) is 12.3. The third-order valence-corrected chi connectivity index (χ3v) is 5.24. The highest BCUT2D eigenvalue weighted by atomic mass is 32.1. The Labute approximate surface area is 127 Å². The van der Waals surface area contributed by atoms with Crippen molar-refractivity contribution in [3.05, 3.63) is 47.0 Å². The summed E-state index contributed by atoms with van der Waals surface area (Å²) in [6.07, 6.45) is 3.41. The van der Waals surface area contributed by atoms with Crippen molar-refractivity contribution in [1.82, 2.24) is 0 Å². The zero-order chi connectivity index (χ0) is 15.0. The normalized spacial score (nSPS) is 11.6. The molecule has 0 nitrogen and oxygen atoms in total. The summed E-state index contributed by atoms with van der Waals surface area (Å²) >= 11 is 1.24. The molecule has 0 aliphatic heterocycles. The fraction of sp³-hybridized carbons (Fsp3) is 0.333. The molecule has 0 atom stereocenters. The van der Waals surface area contributed by atoms with Crippen molar-refractivity contribution in [1.29, 1.82) is 0 Å². The Balaban J connectivity index is 2.25. The molecular formula is C18H18F2S. The van der Waals surface area contributed by atoms with Crippen LogP contribution in [0, 0.1) is 11.6 Å². The van der Waals surface area contributed by atoms with E-state index in [0.29, 0.717) is 21.4 Å². The molecule has 0 aliphatic rings. The second-order valence-corrected chi connectivity index (χ2v) is 6.41. The third-order valence-electron chi connectivity index (χ3n) is 4.03. The van der Waals surface area contributed by atoms with Crippen LogP contribution in [0.4, 0.5) is 8.78 Å². The lowest BCUT2D eigenvalue weighted by molar-refractivity contribution is 0.616. The Morgan fingerprint density at radius 3 is 2.00 bits per heavy atom. The maximum Gasteiger partial charge on any atom is 0.144 e. The first-order valence-electron chi connectivity index (χ1n) is 7.48. The van der Waals surface area contributed by atoms with Crippen molar-refractivity contribution in [2.24, 2.45) is 0 Å². The van der Waals surface area contributed by atoms with E-state index in [4.69, 9.17) is 0 Å². The number of aryl methyl sites for hydroxylation is 2. The first-order valence-corrected chi connectivity index (χ1v) is 8.30. The molecule has 0 saturated carbocycles. The molecule has 0 amide bonds. The van der Waals surface area contributed by atoms with E-state index < -0.39 is 0 Å². The molecule has 21 heavy (non-hydrogen) atoms. The van der Waals surface area contributed by atoms with E-state index in [-0.39, 0.29) is 11.6 Å². The van der Waals surface area contributed by atoms with Crippen LogP contribution in [0.5, 0.6) is 0 Å². The van der Waals surface area contributed by atoms with E-state index >= 15 is 0 Å². The van der Waals surface area contributed by atoms with Gasteiger partial charge in [-0.15, -0.1) is 11.3 Å². The van der Waals surface area contributed by atoms with Gasteiger partial charge in [0.2, 0.25) is 0 Å². The standard InChI is InChI=1S/C18H18F2S/c1-3-5-6-12-8-10-14-13-9-7-11(4-2)15(19)17(13)21-18(14)16(12)20/h7-10H,3-6H2,1-2H3. The summed E-state index contributed by atoms with van der Waals surface area (Å²) in [4.78, 5) is 0. The van der Waals surface area contributed by atoms with Gasteiger partial charge in [-0.2, -0.15) is 0 Å². The van der Waals surface area contributed by atoms with Crippen LogP contribution in [-0.2, 0) is 12.8 Å². The molecule has 110 valence electrons. The fourth-order valence-corrected chi connectivity index (χ4v) is 3.97. The highest BCUT2D eigenvalue weighted by Gasteiger charge is 2.16. The molecule has 0 spiro atoms. The average Bonchev–Trinajstić information content (AvgIpc) is 2.88. The van der Waals surface area contributed by atoms with Crippen LogP contribution in [0.15, 0.2) is 24.3 Å². The van der Waals surface area contributed by atoms with Crippen molar-refractivity contribution < 1.29 is 8.78 Å². The molecule has 2 aromatic carbocycles. The molecule has 0 aliphatic carbocycles. The zero-order valence-corrected chi connectivity index (χ0v) is 13.1. The van der Waals surface area contributed by atoms with E-state index in [0.717, 1.165) is 35.6 Å². The minimum Gasteiger partial charge on any atom is -0.205 e. The molecule has 1 aromatic heterocycles. The minimum absolute atomic E-state index is 0.167. The van der Waals surface area contributed by atoms with Gasteiger partial charge in [-0.25, -0.2) is 8.78 Å². The highest BCUT2D eigenvalue weighted by molar-refractivity contribution is 7.25. The summed E-state index contributed by atoms with van der Waals surface area (Å²) in [6.45, 7) is 4.03. The van der Waals surface area contributed by atoms with E-state index in [1.165, 1.54) is 11.3 Å². The van der Waals surface area contributed by atoms with Gasteiger partial charge >= 0.3 is 0 Å². The number of unbranched alkanes of at least 4 members (excludes halogenated alkanes) is 1. The molecular weight excluding hydrogens is 286 g/mol. The Hall–Kier alpha value is -1.48. The highest BCUT2D eigenvalue weighted by Crippen LogP contribution is 2.38. The summed E-state index contributed by atoms with van der Waals surface area (Å²) in [5, 5.41) is 1.65. The van der Waals surface area contributed by atoms with Gasteiger partial charge < -0.3 is 0 Å². The topological polar surface area (TPSA) is 0 Å². The first kappa shape index (κ1) is 14.5. The molecule has 0 bridgehead atoms. The van der Waals surface area contributed by atoms with Gasteiger partial charge in [0, 0.05) is 10.8 Å². The maximum absolute atomic E-state index is 14.6. The second kappa shape index (κ2) is 5.72. The van der Waals surface area contributed by atoms with Gasteiger partial charge in [0.25, 0.3) is 0 Å². The van der Waals surface area contributed by atoms with E-state index in [9.17, 15) is 8.78 Å². The fourth-order valence-electron chi connectivity index (χ4n) is 2.75. The van der Waals surface area contributed by atoms with Gasteiger partial charge in [-0.1, -0.05) is 44.5 Å². The Morgan fingerprint density at radius 2 is 1.43 bits per heavy atom. The Bertz CT molecular complexity index is 802. The number of benzene rings is 2. The van der Waals surface area contributed by atoms with E-state index in [2.05, 4.69) is 6.92 Å². The smallest absolute Gasteiger partial charge is 0.144 e. The third kappa shape index (κ3) is 2.34. The number of hydrogen-bond donors (Lipinski definition) is 0. The quantitative estimate of drug-likeness (QED) is 0.535. The van der Waals surface area contributed by atoms with E-state index in [1.54, 1.807) is 0 Å². The van der Waals surface area contributed by atoms with Crippen LogP contribution >= 0.6 is 11.3 Å². The molecule has 0 radical (unpaired) electrons. The van der Waals surface area contributed by atoms with Gasteiger partial charge in [0.05, 0.1) is 9.40 Å². The predicted molar refractivity (Wildman–Crippen MR) is 87.2 cm³/mol. The van der Waals surface area contributed by atoms with Crippen molar-refractivity contribution in [2.45, 2.75) is 39.5 Å². The molecule has 0 fully saturated rings. The number of fused-ring (bicyclic) bond motifs is 3. The lowest BCUT2D eigenvalue weighted by Crippen LogP contribution is -1.90. The number of hydrogen-bond acceptors (Lipinski definition) is 1. The SMILES string of the molecule is CCCCc1ccc2c(sc3c(F)c(CC)ccc32)c1F. The van der Waals surface area contributed by atoms with Crippen LogP contribution in [0.1, 0.15) is 37.8 Å². The molecule has 0 saturated heterocycles. The summed E-state index contributed by atoms with van der Waals surface area (Å²) in [5.74, 6) is -0.356. The van der Waals surface area contributed by atoms with E-state index in [1.807, 2.05) is 31.2 Å². The summed E-state index contributed by atoms with van der Waals surface area (Å²) in [7, 11) is 0. The van der Waals surface area contributed by atoms with Crippen LogP contribution in [-0.4, -0.2) is 0 Å². The van der Waals surface area contributed by atoms with Crippen molar-refractivity contribution >= 4 is 31.5 Å². The number of rotatable bonds is 4. The monoisotopic (exact) mass is 304 g/mol. The summed E-state index contributed by atoms with van der Waals surface area (Å²) in [6, 6.07) is 7.52. The molecule has 3 aromatic rings. The van der Waals surface area contributed by atoms with Gasteiger partial charge in [-0.05, 0) is 30.4 Å². The lowest BCUT2D eigenvalue weighted by atomic mass is 10.0. The van der Waals surface area contributed by atoms with Gasteiger partial charge in [-0.3, -0.25) is 0 Å². The lowest BCUT2D eigenvalue weighted by Gasteiger charge is -2.03. The van der Waals surface area contributed by atoms with Crippen LogP contribution < -0.4 is 0 Å². The maximum atomic E-state index is 14.6. The van der Waals surface area contributed by atoms with Crippen molar-refractivity contribution in [2.75, 3.05) is 0 Å². The summed E-state index contributed by atoms with van der Waals surface area (Å²) in [5.41, 5.74) is 1.44.